The van der Waals surface area contributed by atoms with E-state index in [2.05, 4.69) is 146 Å². The van der Waals surface area contributed by atoms with E-state index in [4.69, 9.17) is 4.74 Å². The van der Waals surface area contributed by atoms with Crippen LogP contribution in [0.5, 0.6) is 11.5 Å². The zero-order valence-electron chi connectivity index (χ0n) is 22.7. The second kappa shape index (κ2) is 9.17. The Balaban J connectivity index is 1.08. The first kappa shape index (κ1) is 23.5. The lowest BCUT2D eigenvalue weighted by Crippen LogP contribution is -1.97. The van der Waals surface area contributed by atoms with Gasteiger partial charge in [-0.05, 0) is 74.7 Å². The normalized spacial score (nSPS) is 12.0. The second-order valence-corrected chi connectivity index (χ2v) is 12.0. The minimum Gasteiger partial charge on any atom is -0.456 e. The Morgan fingerprint density at radius 3 is 1.98 bits per heavy atom. The molecule has 42 heavy (non-hydrogen) atoms. The maximum atomic E-state index is 6.33. The summed E-state index contributed by atoms with van der Waals surface area (Å²) in [7, 11) is 0. The number of hydrogen-bond acceptors (Lipinski definition) is 2. The number of fused-ring (bicyclic) bond motifs is 5. The third-order valence-corrected chi connectivity index (χ3v) is 9.71. The Hall–Kier alpha value is -5.18. The summed E-state index contributed by atoms with van der Waals surface area (Å²) in [5, 5.41) is 5.06. The fourth-order valence-electron chi connectivity index (χ4n) is 6.44. The van der Waals surface area contributed by atoms with Crippen LogP contribution in [0.15, 0.2) is 146 Å². The molecule has 0 fully saturated rings. The lowest BCUT2D eigenvalue weighted by Gasteiger charge is -2.22. The second-order valence-electron chi connectivity index (χ2n) is 10.9. The zero-order valence-corrected chi connectivity index (χ0v) is 23.5. The average Bonchev–Trinajstić information content (AvgIpc) is 3.44. The van der Waals surface area contributed by atoms with E-state index in [0.717, 1.165) is 17.1 Å². The van der Waals surface area contributed by atoms with Crippen LogP contribution in [0.3, 0.4) is 0 Å². The molecule has 196 valence electrons. The Labute approximate surface area is 247 Å². The average molecular weight is 553 g/mol. The summed E-state index contributed by atoms with van der Waals surface area (Å²) in [5.41, 5.74) is 9.71. The molecule has 1 nitrogen and oxygen atoms in total. The lowest BCUT2D eigenvalue weighted by atomic mass is 9.91. The minimum atomic E-state index is 0.908. The van der Waals surface area contributed by atoms with E-state index in [-0.39, 0.29) is 0 Å². The van der Waals surface area contributed by atoms with Crippen molar-refractivity contribution in [2.75, 3.05) is 0 Å². The summed E-state index contributed by atoms with van der Waals surface area (Å²) in [6, 6.07) is 52.5. The Morgan fingerprint density at radius 1 is 0.405 bits per heavy atom. The van der Waals surface area contributed by atoms with Crippen molar-refractivity contribution in [3.63, 3.8) is 0 Å². The predicted octanol–water partition coefficient (Wildman–Crippen LogP) is 12.0. The van der Waals surface area contributed by atoms with Gasteiger partial charge in [0, 0.05) is 31.1 Å². The molecule has 0 aliphatic carbocycles. The van der Waals surface area contributed by atoms with Crippen molar-refractivity contribution in [2.24, 2.45) is 0 Å². The first-order valence-corrected chi connectivity index (χ1v) is 15.1. The number of hydrogen-bond donors (Lipinski definition) is 0. The Kier molecular flexibility index (Phi) is 5.13. The van der Waals surface area contributed by atoms with Crippen molar-refractivity contribution in [2.45, 2.75) is 0 Å². The molecule has 1 aliphatic rings. The van der Waals surface area contributed by atoms with Crippen molar-refractivity contribution >= 4 is 42.3 Å². The number of thiophene rings is 1. The molecule has 0 radical (unpaired) electrons. The van der Waals surface area contributed by atoms with Crippen LogP contribution in [-0.2, 0) is 0 Å². The van der Waals surface area contributed by atoms with E-state index < -0.39 is 0 Å². The summed E-state index contributed by atoms with van der Waals surface area (Å²) >= 11 is 1.88. The molecule has 0 unspecified atom stereocenters. The molecule has 2 heteroatoms. The molecule has 0 bridgehead atoms. The van der Waals surface area contributed by atoms with Crippen LogP contribution in [0.2, 0.25) is 0 Å². The van der Waals surface area contributed by atoms with Crippen molar-refractivity contribution < 1.29 is 4.74 Å². The highest BCUT2D eigenvalue weighted by Crippen LogP contribution is 2.47. The highest BCUT2D eigenvalue weighted by molar-refractivity contribution is 7.26. The molecule has 9 rings (SSSR count). The Bertz CT molecular complexity index is 2320. The summed E-state index contributed by atoms with van der Waals surface area (Å²) in [5.74, 6) is 1.84. The van der Waals surface area contributed by atoms with Gasteiger partial charge in [0.2, 0.25) is 0 Å². The highest BCUT2D eigenvalue weighted by Gasteiger charge is 2.20. The van der Waals surface area contributed by atoms with E-state index in [1.165, 1.54) is 69.9 Å². The van der Waals surface area contributed by atoms with E-state index in [1.54, 1.807) is 0 Å². The number of ether oxygens (including phenoxy) is 1. The summed E-state index contributed by atoms with van der Waals surface area (Å²) in [6.45, 7) is 0. The standard InChI is InChI=1S/C40H24OS/c1-2-16-38-32(11-1)34-14-6-12-31(40(34)42-38)26-19-17-25(18-20-26)28-9-3-10-29(23-28)30-21-22-36-35(24-30)33-13-4-7-27-8-5-15-37(41-36)39(27)33/h1-24H. The molecule has 0 N–H and O–H groups in total. The van der Waals surface area contributed by atoms with Crippen LogP contribution >= 0.6 is 11.3 Å². The minimum absolute atomic E-state index is 0.908. The van der Waals surface area contributed by atoms with Gasteiger partial charge in [0.25, 0.3) is 0 Å². The maximum absolute atomic E-state index is 6.33. The predicted molar refractivity (Wildman–Crippen MR) is 179 cm³/mol. The van der Waals surface area contributed by atoms with Crippen LogP contribution in [0.4, 0.5) is 0 Å². The fraction of sp³-hybridized carbons (Fsp3) is 0. The topological polar surface area (TPSA) is 9.23 Å². The first-order valence-electron chi connectivity index (χ1n) is 14.3. The maximum Gasteiger partial charge on any atom is 0.135 e. The van der Waals surface area contributed by atoms with Crippen molar-refractivity contribution in [1.29, 1.82) is 0 Å². The quantitative estimate of drug-likeness (QED) is 0.212. The van der Waals surface area contributed by atoms with Crippen LogP contribution in [0, 0.1) is 0 Å². The van der Waals surface area contributed by atoms with Crippen LogP contribution in [0.1, 0.15) is 0 Å². The molecule has 0 saturated carbocycles. The smallest absolute Gasteiger partial charge is 0.135 e. The molecule has 2 heterocycles. The van der Waals surface area contributed by atoms with Gasteiger partial charge in [-0.1, -0.05) is 115 Å². The third kappa shape index (κ3) is 3.62. The van der Waals surface area contributed by atoms with Gasteiger partial charge < -0.3 is 4.74 Å². The van der Waals surface area contributed by atoms with E-state index >= 15 is 0 Å². The molecule has 1 aromatic heterocycles. The van der Waals surface area contributed by atoms with E-state index in [1.807, 2.05) is 11.3 Å². The third-order valence-electron chi connectivity index (χ3n) is 8.49. The fourth-order valence-corrected chi connectivity index (χ4v) is 7.68. The van der Waals surface area contributed by atoms with Crippen LogP contribution in [-0.4, -0.2) is 0 Å². The number of rotatable bonds is 3. The van der Waals surface area contributed by atoms with Gasteiger partial charge in [0.15, 0.2) is 0 Å². The number of benzene rings is 7. The van der Waals surface area contributed by atoms with E-state index in [9.17, 15) is 0 Å². The van der Waals surface area contributed by atoms with Gasteiger partial charge >= 0.3 is 0 Å². The van der Waals surface area contributed by atoms with E-state index in [0.29, 0.717) is 0 Å². The molecule has 8 aromatic rings. The molecule has 1 aliphatic heterocycles. The molecular formula is C40H24OS. The van der Waals surface area contributed by atoms with Crippen LogP contribution < -0.4 is 4.74 Å². The molecule has 0 atom stereocenters. The van der Waals surface area contributed by atoms with Crippen LogP contribution in [0.25, 0.3) is 75.5 Å². The van der Waals surface area contributed by atoms with Gasteiger partial charge in [0.05, 0.1) is 0 Å². The highest BCUT2D eigenvalue weighted by atomic mass is 32.1. The Morgan fingerprint density at radius 2 is 1.07 bits per heavy atom. The molecule has 0 amide bonds. The molecule has 0 saturated heterocycles. The summed E-state index contributed by atoms with van der Waals surface area (Å²) in [4.78, 5) is 0. The summed E-state index contributed by atoms with van der Waals surface area (Å²) < 4.78 is 9.01. The lowest BCUT2D eigenvalue weighted by molar-refractivity contribution is 0.487. The summed E-state index contributed by atoms with van der Waals surface area (Å²) in [6.07, 6.45) is 0. The van der Waals surface area contributed by atoms with Gasteiger partial charge in [0.1, 0.15) is 11.5 Å². The SMILES string of the molecule is c1cc(-c2ccc(-c3cccc4c3sc3ccccc34)cc2)cc(-c2ccc3c(c2)-c2cccc4cccc(c24)O3)c1. The van der Waals surface area contributed by atoms with Gasteiger partial charge in [-0.25, -0.2) is 0 Å². The molecule has 7 aromatic carbocycles. The van der Waals surface area contributed by atoms with Crippen molar-refractivity contribution in [1.82, 2.24) is 0 Å². The van der Waals surface area contributed by atoms with Gasteiger partial charge in [-0.2, -0.15) is 0 Å². The molecular weight excluding hydrogens is 529 g/mol. The van der Waals surface area contributed by atoms with Crippen molar-refractivity contribution in [3.05, 3.63) is 146 Å². The van der Waals surface area contributed by atoms with Gasteiger partial charge in [-0.3, -0.25) is 0 Å². The zero-order chi connectivity index (χ0) is 27.6. The largest absolute Gasteiger partial charge is 0.456 e. The van der Waals surface area contributed by atoms with Crippen molar-refractivity contribution in [3.8, 4) is 56.0 Å². The monoisotopic (exact) mass is 552 g/mol. The first-order chi connectivity index (χ1) is 20.8. The van der Waals surface area contributed by atoms with Gasteiger partial charge in [-0.15, -0.1) is 11.3 Å². The molecule has 0 spiro atoms.